The zero-order valence-corrected chi connectivity index (χ0v) is 9.75. The van der Waals surface area contributed by atoms with Gasteiger partial charge in [0.15, 0.2) is 11.3 Å². The van der Waals surface area contributed by atoms with Gasteiger partial charge in [0.25, 0.3) is 5.92 Å². The van der Waals surface area contributed by atoms with Crippen LogP contribution in [0, 0.1) is 0 Å². The average Bonchev–Trinajstić information content (AvgIpc) is 2.13. The molecule has 17 heavy (non-hydrogen) atoms. The molecule has 0 aromatic rings. The summed E-state index contributed by atoms with van der Waals surface area (Å²) in [4.78, 5) is 10.4. The Balaban J connectivity index is 4.18. The van der Waals surface area contributed by atoms with E-state index in [0.29, 0.717) is 11.8 Å². The third-order valence-electron chi connectivity index (χ3n) is 1.85. The minimum Gasteiger partial charge on any atom is -0.288 e. The van der Waals surface area contributed by atoms with Crippen LogP contribution in [0.25, 0.3) is 0 Å². The van der Waals surface area contributed by atoms with Crippen molar-refractivity contribution in [3.05, 3.63) is 0 Å². The second-order valence-corrected chi connectivity index (χ2v) is 4.67. The molecule has 0 aliphatic heterocycles. The van der Waals surface area contributed by atoms with Gasteiger partial charge in [-0.3, -0.25) is 4.79 Å². The summed E-state index contributed by atoms with van der Waals surface area (Å²) in [6, 6.07) is 0. The summed E-state index contributed by atoms with van der Waals surface area (Å²) in [7, 11) is 0. The SMILES string of the molecule is CC(=O)SCCC(F)C(F)C(F)(F)CC(F)F. The highest BCUT2D eigenvalue weighted by Crippen LogP contribution is 2.33. The predicted molar refractivity (Wildman–Crippen MR) is 53.1 cm³/mol. The molecule has 0 radical (unpaired) electrons. The quantitative estimate of drug-likeness (QED) is 0.663. The zero-order chi connectivity index (χ0) is 13.6. The van der Waals surface area contributed by atoms with Crippen LogP contribution in [0.2, 0.25) is 0 Å². The fourth-order valence-electron chi connectivity index (χ4n) is 1.04. The van der Waals surface area contributed by atoms with Crippen molar-refractivity contribution in [2.75, 3.05) is 5.75 Å². The average molecular weight is 282 g/mol. The summed E-state index contributed by atoms with van der Waals surface area (Å²) in [5.41, 5.74) is 0. The van der Waals surface area contributed by atoms with Crippen molar-refractivity contribution in [2.45, 2.75) is 44.5 Å². The van der Waals surface area contributed by atoms with Crippen LogP contribution in [0.15, 0.2) is 0 Å². The lowest BCUT2D eigenvalue weighted by molar-refractivity contribution is -0.128. The molecule has 0 amide bonds. The molecule has 0 saturated carbocycles. The van der Waals surface area contributed by atoms with Gasteiger partial charge in [-0.2, -0.15) is 0 Å². The lowest BCUT2D eigenvalue weighted by Gasteiger charge is -2.22. The number of carbonyl (C=O) groups is 1. The molecule has 0 bridgehead atoms. The minimum atomic E-state index is -4.39. The Morgan fingerprint density at radius 2 is 1.76 bits per heavy atom. The standard InChI is InChI=1S/C9H12F6OS/c1-5(16)17-3-2-6(10)8(13)9(14,15)4-7(11)12/h6-8H,2-4H2,1H3. The Hall–Kier alpha value is -0.400. The van der Waals surface area contributed by atoms with Gasteiger partial charge in [0.2, 0.25) is 6.43 Å². The molecule has 8 heteroatoms. The number of rotatable bonds is 7. The third-order valence-corrected chi connectivity index (χ3v) is 2.69. The molecule has 2 unspecified atom stereocenters. The first-order valence-corrected chi connectivity index (χ1v) is 5.73. The molecule has 0 fully saturated rings. The molecule has 102 valence electrons. The molecule has 0 N–H and O–H groups in total. The molecule has 0 spiro atoms. The summed E-state index contributed by atoms with van der Waals surface area (Å²) in [5, 5.41) is -0.355. The molecular formula is C9H12F6OS. The largest absolute Gasteiger partial charge is 0.288 e. The third kappa shape index (κ3) is 6.80. The van der Waals surface area contributed by atoms with Gasteiger partial charge in [-0.15, -0.1) is 0 Å². The Labute approximate surface area is 98.9 Å². The van der Waals surface area contributed by atoms with Crippen LogP contribution < -0.4 is 0 Å². The van der Waals surface area contributed by atoms with Gasteiger partial charge < -0.3 is 0 Å². The molecule has 0 saturated heterocycles. The van der Waals surface area contributed by atoms with E-state index in [9.17, 15) is 31.1 Å². The minimum absolute atomic E-state index is 0.165. The topological polar surface area (TPSA) is 17.1 Å². The molecule has 2 atom stereocenters. The van der Waals surface area contributed by atoms with Gasteiger partial charge in [-0.1, -0.05) is 11.8 Å². The number of carbonyl (C=O) groups excluding carboxylic acids is 1. The van der Waals surface area contributed by atoms with Crippen molar-refractivity contribution in [3.8, 4) is 0 Å². The van der Waals surface area contributed by atoms with Gasteiger partial charge in [0.05, 0.1) is 6.42 Å². The van der Waals surface area contributed by atoms with Crippen LogP contribution in [0.4, 0.5) is 26.3 Å². The van der Waals surface area contributed by atoms with E-state index in [4.69, 9.17) is 0 Å². The molecule has 0 heterocycles. The van der Waals surface area contributed by atoms with E-state index in [1.54, 1.807) is 0 Å². The molecule has 0 aromatic carbocycles. The first kappa shape index (κ1) is 16.6. The normalized spacial score (nSPS) is 16.0. The van der Waals surface area contributed by atoms with E-state index in [1.807, 2.05) is 0 Å². The molecule has 0 rings (SSSR count). The van der Waals surface area contributed by atoms with Gasteiger partial charge >= 0.3 is 0 Å². The highest BCUT2D eigenvalue weighted by Gasteiger charge is 2.47. The smallest absolute Gasteiger partial charge is 0.287 e. The summed E-state index contributed by atoms with van der Waals surface area (Å²) >= 11 is 0.663. The summed E-state index contributed by atoms with van der Waals surface area (Å²) < 4.78 is 74.7. The second-order valence-electron chi connectivity index (χ2n) is 3.40. The van der Waals surface area contributed by atoms with Crippen LogP contribution in [-0.2, 0) is 4.79 Å². The van der Waals surface area contributed by atoms with Crippen molar-refractivity contribution in [2.24, 2.45) is 0 Å². The zero-order valence-electron chi connectivity index (χ0n) is 8.94. The maximum atomic E-state index is 13.0. The lowest BCUT2D eigenvalue weighted by atomic mass is 10.1. The maximum absolute atomic E-state index is 13.0. The molecule has 0 aliphatic carbocycles. The maximum Gasteiger partial charge on any atom is 0.287 e. The Morgan fingerprint density at radius 1 is 1.24 bits per heavy atom. The van der Waals surface area contributed by atoms with Gasteiger partial charge in [0, 0.05) is 12.7 Å². The van der Waals surface area contributed by atoms with Crippen LogP contribution in [0.1, 0.15) is 19.8 Å². The van der Waals surface area contributed by atoms with Crippen LogP contribution in [-0.4, -0.2) is 35.6 Å². The number of halogens is 6. The van der Waals surface area contributed by atoms with E-state index in [1.165, 1.54) is 6.92 Å². The van der Waals surface area contributed by atoms with E-state index in [0.717, 1.165) is 0 Å². The van der Waals surface area contributed by atoms with Crippen molar-refractivity contribution < 1.29 is 31.1 Å². The highest BCUT2D eigenvalue weighted by atomic mass is 32.2. The Kier molecular flexibility index (Phi) is 6.96. The molecular weight excluding hydrogens is 270 g/mol. The predicted octanol–water partition coefficient (Wildman–Crippen LogP) is 3.62. The van der Waals surface area contributed by atoms with Gasteiger partial charge in [-0.25, -0.2) is 26.3 Å². The fraction of sp³-hybridized carbons (Fsp3) is 0.889. The number of thioether (sulfide) groups is 1. The first-order chi connectivity index (χ1) is 7.66. The van der Waals surface area contributed by atoms with E-state index in [-0.39, 0.29) is 10.9 Å². The van der Waals surface area contributed by atoms with Gasteiger partial charge in [-0.05, 0) is 6.42 Å². The Morgan fingerprint density at radius 3 is 2.18 bits per heavy atom. The van der Waals surface area contributed by atoms with Crippen molar-refractivity contribution in [1.29, 1.82) is 0 Å². The monoisotopic (exact) mass is 282 g/mol. The number of alkyl halides is 6. The first-order valence-electron chi connectivity index (χ1n) is 4.74. The highest BCUT2D eigenvalue weighted by molar-refractivity contribution is 8.13. The number of hydrogen-bond acceptors (Lipinski definition) is 2. The van der Waals surface area contributed by atoms with Crippen LogP contribution >= 0.6 is 11.8 Å². The number of hydrogen-bond donors (Lipinski definition) is 0. The fourth-order valence-corrected chi connectivity index (χ4v) is 1.67. The lowest BCUT2D eigenvalue weighted by Crippen LogP contribution is -2.39. The van der Waals surface area contributed by atoms with E-state index < -0.39 is 37.5 Å². The summed E-state index contributed by atoms with van der Waals surface area (Å²) in [6.45, 7) is 1.19. The van der Waals surface area contributed by atoms with E-state index in [2.05, 4.69) is 0 Å². The Bertz CT molecular complexity index is 248. The summed E-state index contributed by atoms with van der Waals surface area (Å²) in [6.07, 6.45) is -11.9. The molecule has 1 nitrogen and oxygen atoms in total. The van der Waals surface area contributed by atoms with Crippen LogP contribution in [0.3, 0.4) is 0 Å². The molecule has 0 aromatic heterocycles. The summed E-state index contributed by atoms with van der Waals surface area (Å²) in [5.74, 6) is -4.56. The van der Waals surface area contributed by atoms with Crippen LogP contribution in [0.5, 0.6) is 0 Å². The van der Waals surface area contributed by atoms with Crippen molar-refractivity contribution in [3.63, 3.8) is 0 Å². The van der Waals surface area contributed by atoms with Gasteiger partial charge in [0.1, 0.15) is 6.17 Å². The molecule has 0 aliphatic rings. The second kappa shape index (κ2) is 7.13. The van der Waals surface area contributed by atoms with Crippen molar-refractivity contribution >= 4 is 16.9 Å². The van der Waals surface area contributed by atoms with Crippen molar-refractivity contribution in [1.82, 2.24) is 0 Å². The van der Waals surface area contributed by atoms with E-state index >= 15 is 0 Å².